The fourth-order valence-electron chi connectivity index (χ4n) is 3.44. The molecule has 4 rings (SSSR count). The van der Waals surface area contributed by atoms with Crippen LogP contribution < -0.4 is 15.8 Å². The first-order valence-corrected chi connectivity index (χ1v) is 10.5. The summed E-state index contributed by atoms with van der Waals surface area (Å²) in [5.41, 5.74) is 6.88. The van der Waals surface area contributed by atoms with Gasteiger partial charge in [0.05, 0.1) is 17.4 Å². The number of hydrogen-bond donors (Lipinski definition) is 2. The molecular weight excluding hydrogens is 413 g/mol. The van der Waals surface area contributed by atoms with Crippen molar-refractivity contribution in [1.29, 1.82) is 0 Å². The molecule has 3 N–H and O–H groups in total. The predicted octanol–water partition coefficient (Wildman–Crippen LogP) is 5.79. The summed E-state index contributed by atoms with van der Waals surface area (Å²) in [6.07, 6.45) is 1.17. The van der Waals surface area contributed by atoms with Gasteiger partial charge < -0.3 is 15.8 Å². The number of ether oxygens (including phenoxy) is 1. The molecule has 158 valence electrons. The van der Waals surface area contributed by atoms with Crippen molar-refractivity contribution in [3.63, 3.8) is 0 Å². The summed E-state index contributed by atoms with van der Waals surface area (Å²) >= 11 is 1.33. The molecule has 9 heteroatoms. The molecule has 0 amide bonds. The molecule has 0 spiro atoms. The van der Waals surface area contributed by atoms with Gasteiger partial charge in [-0.2, -0.15) is 13.2 Å². The number of pyridine rings is 1. The van der Waals surface area contributed by atoms with E-state index < -0.39 is 11.7 Å². The number of rotatable bonds is 6. The van der Waals surface area contributed by atoms with Crippen LogP contribution in [0.5, 0.6) is 5.75 Å². The molecule has 30 heavy (non-hydrogen) atoms. The third-order valence-electron chi connectivity index (χ3n) is 4.92. The fraction of sp³-hybridized carbons (Fsp3) is 0.333. The second-order valence-corrected chi connectivity index (χ2v) is 8.13. The lowest BCUT2D eigenvalue weighted by Crippen LogP contribution is -2.15. The lowest BCUT2D eigenvalue weighted by molar-refractivity contribution is -0.139. The van der Waals surface area contributed by atoms with E-state index >= 15 is 0 Å². The van der Waals surface area contributed by atoms with Gasteiger partial charge in [0.15, 0.2) is 5.13 Å². The zero-order valence-electron chi connectivity index (χ0n) is 16.1. The van der Waals surface area contributed by atoms with Crippen molar-refractivity contribution in [3.05, 3.63) is 58.7 Å². The Morgan fingerprint density at radius 3 is 2.67 bits per heavy atom. The molecule has 5 nitrogen and oxygen atoms in total. The Morgan fingerprint density at radius 2 is 1.97 bits per heavy atom. The van der Waals surface area contributed by atoms with Crippen LogP contribution in [0.25, 0.3) is 0 Å². The Bertz CT molecular complexity index is 998. The van der Waals surface area contributed by atoms with Crippen molar-refractivity contribution >= 4 is 28.0 Å². The molecule has 0 unspecified atom stereocenters. The third-order valence-corrected chi connectivity index (χ3v) is 5.72. The van der Waals surface area contributed by atoms with Crippen molar-refractivity contribution < 1.29 is 17.9 Å². The van der Waals surface area contributed by atoms with Crippen LogP contribution >= 0.6 is 11.3 Å². The number of anilines is 3. The molecule has 1 aliphatic rings. The van der Waals surface area contributed by atoms with Gasteiger partial charge in [0.25, 0.3) is 0 Å². The Labute approximate surface area is 176 Å². The predicted molar refractivity (Wildman–Crippen MR) is 111 cm³/mol. The molecule has 0 saturated heterocycles. The largest absolute Gasteiger partial charge is 0.490 e. The monoisotopic (exact) mass is 434 g/mol. The average molecular weight is 434 g/mol. The Balaban J connectivity index is 1.48. The van der Waals surface area contributed by atoms with Crippen molar-refractivity contribution in [2.45, 2.75) is 44.4 Å². The number of nitrogens with one attached hydrogen (secondary N) is 1. The molecule has 0 aliphatic heterocycles. The fourth-order valence-corrected chi connectivity index (χ4v) is 4.17. The lowest BCUT2D eigenvalue weighted by atomic mass is 10.1. The molecule has 1 aliphatic carbocycles. The van der Waals surface area contributed by atoms with Crippen LogP contribution in [0.3, 0.4) is 0 Å². The lowest BCUT2D eigenvalue weighted by Gasteiger charge is -2.19. The highest BCUT2D eigenvalue weighted by atomic mass is 32.1. The molecule has 1 aromatic carbocycles. The normalized spacial score (nSPS) is 14.8. The van der Waals surface area contributed by atoms with Gasteiger partial charge in [-0.1, -0.05) is 6.07 Å². The summed E-state index contributed by atoms with van der Waals surface area (Å²) in [6.45, 7) is 0. The molecule has 3 aromatic rings. The minimum absolute atomic E-state index is 0.115. The number of nitrogens with zero attached hydrogens (tertiary/aromatic N) is 2. The van der Waals surface area contributed by atoms with Gasteiger partial charge >= 0.3 is 6.18 Å². The van der Waals surface area contributed by atoms with E-state index in [9.17, 15) is 13.2 Å². The summed E-state index contributed by atoms with van der Waals surface area (Å²) in [5, 5.41) is 5.35. The smallest absolute Gasteiger partial charge is 0.420 e. The van der Waals surface area contributed by atoms with Crippen LogP contribution in [0.15, 0.2) is 41.9 Å². The van der Waals surface area contributed by atoms with E-state index in [1.165, 1.54) is 17.4 Å². The highest BCUT2D eigenvalue weighted by molar-refractivity contribution is 7.13. The Kier molecular flexibility index (Phi) is 5.80. The van der Waals surface area contributed by atoms with Gasteiger partial charge in [0, 0.05) is 23.7 Å². The van der Waals surface area contributed by atoms with Crippen molar-refractivity contribution in [2.24, 2.45) is 0 Å². The van der Waals surface area contributed by atoms with E-state index in [0.29, 0.717) is 23.1 Å². The van der Waals surface area contributed by atoms with E-state index in [-0.39, 0.29) is 11.9 Å². The van der Waals surface area contributed by atoms with Crippen LogP contribution in [-0.2, 0) is 12.6 Å². The molecule has 1 saturated carbocycles. The number of nitrogen functional groups attached to an aromatic ring is 1. The summed E-state index contributed by atoms with van der Waals surface area (Å²) in [4.78, 5) is 8.50. The number of halogens is 3. The first kappa shape index (κ1) is 20.5. The van der Waals surface area contributed by atoms with Gasteiger partial charge in [0.2, 0.25) is 0 Å². The summed E-state index contributed by atoms with van der Waals surface area (Å²) in [6, 6.07) is 7.64. The number of thiazole rings is 1. The maximum Gasteiger partial charge on any atom is 0.420 e. The molecule has 0 bridgehead atoms. The molecule has 0 radical (unpaired) electrons. The highest BCUT2D eigenvalue weighted by Gasteiger charge is 2.35. The van der Waals surface area contributed by atoms with E-state index in [2.05, 4.69) is 15.3 Å². The zero-order chi connectivity index (χ0) is 21.1. The summed E-state index contributed by atoms with van der Waals surface area (Å²) < 4.78 is 46.4. The maximum atomic E-state index is 13.6. The van der Waals surface area contributed by atoms with Crippen LogP contribution in [-0.4, -0.2) is 16.1 Å². The van der Waals surface area contributed by atoms with Crippen LogP contribution in [0.1, 0.15) is 42.5 Å². The topological polar surface area (TPSA) is 73.1 Å². The highest BCUT2D eigenvalue weighted by Crippen LogP contribution is 2.40. The van der Waals surface area contributed by atoms with E-state index in [1.807, 2.05) is 11.4 Å². The molecule has 0 atom stereocenters. The summed E-state index contributed by atoms with van der Waals surface area (Å²) in [7, 11) is 0. The third kappa shape index (κ3) is 5.02. The minimum atomic E-state index is -4.50. The van der Waals surface area contributed by atoms with E-state index in [4.69, 9.17) is 10.5 Å². The number of hydrogen-bond acceptors (Lipinski definition) is 6. The van der Waals surface area contributed by atoms with Gasteiger partial charge in [-0.3, -0.25) is 0 Å². The van der Waals surface area contributed by atoms with Crippen LogP contribution in [0.2, 0.25) is 0 Å². The Morgan fingerprint density at radius 1 is 1.17 bits per heavy atom. The second kappa shape index (κ2) is 8.51. The van der Waals surface area contributed by atoms with Crippen LogP contribution in [0, 0.1) is 0 Å². The first-order chi connectivity index (χ1) is 14.4. The SMILES string of the molecule is Nc1ccc(Cc2csc(Nc3ccc(OC4CCCC4)c(C(F)(F)F)c3)n2)cn1. The number of alkyl halides is 3. The second-order valence-electron chi connectivity index (χ2n) is 7.27. The zero-order valence-corrected chi connectivity index (χ0v) is 16.9. The number of nitrogens with two attached hydrogens (primary N) is 1. The average Bonchev–Trinajstić information content (AvgIpc) is 3.36. The first-order valence-electron chi connectivity index (χ1n) is 9.66. The van der Waals surface area contributed by atoms with Gasteiger partial charge in [0.1, 0.15) is 11.6 Å². The van der Waals surface area contributed by atoms with Crippen LogP contribution in [0.4, 0.5) is 29.8 Å². The number of benzene rings is 1. The molecular formula is C21H21F3N4OS. The van der Waals surface area contributed by atoms with Gasteiger partial charge in [-0.15, -0.1) is 11.3 Å². The van der Waals surface area contributed by atoms with E-state index in [0.717, 1.165) is 43.0 Å². The molecule has 2 aromatic heterocycles. The Hall–Kier alpha value is -2.81. The van der Waals surface area contributed by atoms with Gasteiger partial charge in [-0.05, 0) is 55.5 Å². The van der Waals surface area contributed by atoms with Gasteiger partial charge in [-0.25, -0.2) is 9.97 Å². The van der Waals surface area contributed by atoms with Crippen molar-refractivity contribution in [3.8, 4) is 5.75 Å². The maximum absolute atomic E-state index is 13.6. The summed E-state index contributed by atoms with van der Waals surface area (Å²) in [5.74, 6) is 0.329. The van der Waals surface area contributed by atoms with Crippen molar-refractivity contribution in [1.82, 2.24) is 9.97 Å². The quantitative estimate of drug-likeness (QED) is 0.513. The van der Waals surface area contributed by atoms with Crippen molar-refractivity contribution in [2.75, 3.05) is 11.1 Å². The molecule has 2 heterocycles. The van der Waals surface area contributed by atoms with E-state index in [1.54, 1.807) is 18.3 Å². The molecule has 1 fully saturated rings. The minimum Gasteiger partial charge on any atom is -0.490 e. The number of aromatic nitrogens is 2. The standard InChI is InChI=1S/C21H21F3N4OS/c22-21(23,24)17-10-14(6-7-18(17)29-16-3-1-2-4-16)27-20-28-15(12-30-20)9-13-5-8-19(25)26-11-13/h5-8,10-12,16H,1-4,9H2,(H2,25,26)(H,27,28).